The molecule has 0 bridgehead atoms. The first kappa shape index (κ1) is 22.3. The Morgan fingerprint density at radius 2 is 1.79 bits per heavy atom. The number of nitrogens with one attached hydrogen (secondary N) is 1. The normalized spacial score (nSPS) is 12.3. The Morgan fingerprint density at radius 3 is 2.31 bits per heavy atom. The second-order valence-electron chi connectivity index (χ2n) is 6.55. The molecule has 5 nitrogen and oxygen atoms in total. The van der Waals surface area contributed by atoms with E-state index in [0.29, 0.717) is 12.8 Å². The van der Waals surface area contributed by atoms with E-state index in [9.17, 15) is 22.8 Å². The van der Waals surface area contributed by atoms with Gasteiger partial charge >= 0.3 is 12.1 Å². The van der Waals surface area contributed by atoms with Crippen molar-refractivity contribution in [1.82, 2.24) is 5.32 Å². The van der Waals surface area contributed by atoms with Gasteiger partial charge in [-0.1, -0.05) is 25.1 Å². The van der Waals surface area contributed by atoms with E-state index >= 15 is 0 Å². The monoisotopic (exact) mass is 409 g/mol. The largest absolute Gasteiger partial charge is 0.497 e. The number of methoxy groups -OCH3 is 1. The third kappa shape index (κ3) is 5.97. The SMILES string of the molecule is CCC(Cc1ccc(C(=O)NCc2ccc(OC)cc2C(F)(F)F)cc1)C(=O)O. The van der Waals surface area contributed by atoms with E-state index in [1.54, 1.807) is 19.1 Å². The Bertz CT molecular complexity index is 863. The second kappa shape index (κ2) is 9.45. The first-order valence-corrected chi connectivity index (χ1v) is 8.99. The minimum atomic E-state index is -4.57. The number of carboxylic acid groups (broad SMARTS) is 1. The average Bonchev–Trinajstić information content (AvgIpc) is 2.69. The molecule has 0 heterocycles. The molecule has 1 amide bonds. The van der Waals surface area contributed by atoms with Crippen LogP contribution in [0.5, 0.6) is 5.75 Å². The number of carbonyl (C=O) groups is 2. The lowest BCUT2D eigenvalue weighted by molar-refractivity contribution is -0.142. The van der Waals surface area contributed by atoms with Gasteiger partial charge in [0.1, 0.15) is 5.75 Å². The fourth-order valence-corrected chi connectivity index (χ4v) is 2.86. The molecule has 1 atom stereocenters. The highest BCUT2D eigenvalue weighted by Crippen LogP contribution is 2.34. The summed E-state index contributed by atoms with van der Waals surface area (Å²) in [5.41, 5.74) is 0.104. The highest BCUT2D eigenvalue weighted by molar-refractivity contribution is 5.94. The van der Waals surface area contributed by atoms with Crippen molar-refractivity contribution in [3.05, 3.63) is 64.7 Å². The molecule has 2 aromatic rings. The third-order valence-electron chi connectivity index (χ3n) is 4.60. The van der Waals surface area contributed by atoms with E-state index in [0.717, 1.165) is 11.6 Å². The smallest absolute Gasteiger partial charge is 0.416 e. The number of halogens is 3. The molecule has 1 unspecified atom stereocenters. The number of rotatable bonds is 8. The van der Waals surface area contributed by atoms with Crippen molar-refractivity contribution in [2.75, 3.05) is 7.11 Å². The molecule has 0 aliphatic carbocycles. The van der Waals surface area contributed by atoms with Gasteiger partial charge in [0.25, 0.3) is 5.91 Å². The molecule has 0 aliphatic heterocycles. The number of carbonyl (C=O) groups excluding carboxylic acids is 1. The van der Waals surface area contributed by atoms with Crippen LogP contribution in [0, 0.1) is 5.92 Å². The summed E-state index contributed by atoms with van der Waals surface area (Å²) in [4.78, 5) is 23.4. The molecule has 0 radical (unpaired) electrons. The highest BCUT2D eigenvalue weighted by Gasteiger charge is 2.33. The Labute approximate surface area is 166 Å². The number of alkyl halides is 3. The summed E-state index contributed by atoms with van der Waals surface area (Å²) in [7, 11) is 1.28. The number of benzene rings is 2. The Kier molecular flexibility index (Phi) is 7.25. The quantitative estimate of drug-likeness (QED) is 0.682. The van der Waals surface area contributed by atoms with Crippen molar-refractivity contribution < 1.29 is 32.6 Å². The molecular formula is C21H22F3NO4. The maximum Gasteiger partial charge on any atom is 0.416 e. The molecule has 0 saturated carbocycles. The molecule has 156 valence electrons. The molecule has 0 spiro atoms. The van der Waals surface area contributed by atoms with Gasteiger partial charge in [-0.05, 0) is 48.2 Å². The van der Waals surface area contributed by atoms with Gasteiger partial charge in [-0.25, -0.2) is 0 Å². The second-order valence-corrected chi connectivity index (χ2v) is 6.55. The summed E-state index contributed by atoms with van der Waals surface area (Å²) in [6.45, 7) is 1.49. The van der Waals surface area contributed by atoms with E-state index < -0.39 is 29.5 Å². The first-order chi connectivity index (χ1) is 13.7. The summed E-state index contributed by atoms with van der Waals surface area (Å²) in [5.74, 6) is -1.83. The van der Waals surface area contributed by atoms with E-state index in [4.69, 9.17) is 9.84 Å². The predicted octanol–water partition coefficient (Wildman–Crippen LogP) is 4.30. The minimum Gasteiger partial charge on any atom is -0.497 e. The molecule has 0 aromatic heterocycles. The van der Waals surface area contributed by atoms with Crippen LogP contribution in [0.4, 0.5) is 13.2 Å². The zero-order chi connectivity index (χ0) is 21.6. The lowest BCUT2D eigenvalue weighted by Gasteiger charge is -2.15. The number of ether oxygens (including phenoxy) is 1. The molecular weight excluding hydrogens is 387 g/mol. The van der Waals surface area contributed by atoms with Crippen LogP contribution in [0.2, 0.25) is 0 Å². The fourth-order valence-electron chi connectivity index (χ4n) is 2.86. The average molecular weight is 409 g/mol. The van der Waals surface area contributed by atoms with Gasteiger partial charge in [0.15, 0.2) is 0 Å². The number of hydrogen-bond acceptors (Lipinski definition) is 3. The van der Waals surface area contributed by atoms with Crippen molar-refractivity contribution in [2.45, 2.75) is 32.5 Å². The molecule has 29 heavy (non-hydrogen) atoms. The van der Waals surface area contributed by atoms with Crippen LogP contribution in [0.1, 0.15) is 40.4 Å². The first-order valence-electron chi connectivity index (χ1n) is 8.99. The van der Waals surface area contributed by atoms with Crippen molar-refractivity contribution in [1.29, 1.82) is 0 Å². The van der Waals surface area contributed by atoms with Crippen LogP contribution in [-0.2, 0) is 23.9 Å². The lowest BCUT2D eigenvalue weighted by atomic mass is 9.96. The van der Waals surface area contributed by atoms with Crippen LogP contribution in [0.3, 0.4) is 0 Å². The van der Waals surface area contributed by atoms with Crippen LogP contribution >= 0.6 is 0 Å². The van der Waals surface area contributed by atoms with Crippen molar-refractivity contribution in [3.63, 3.8) is 0 Å². The summed E-state index contributed by atoms with van der Waals surface area (Å²) in [6.07, 6.45) is -3.74. The maximum atomic E-state index is 13.2. The predicted molar refractivity (Wildman–Crippen MR) is 101 cm³/mol. The van der Waals surface area contributed by atoms with E-state index in [-0.39, 0.29) is 23.4 Å². The third-order valence-corrected chi connectivity index (χ3v) is 4.60. The van der Waals surface area contributed by atoms with Crippen LogP contribution < -0.4 is 10.1 Å². The molecule has 0 saturated heterocycles. The molecule has 0 fully saturated rings. The van der Waals surface area contributed by atoms with Crippen LogP contribution in [0.15, 0.2) is 42.5 Å². The standard InChI is InChI=1S/C21H22F3NO4/c1-3-14(20(27)28)10-13-4-6-15(7-5-13)19(26)25-12-16-8-9-17(29-2)11-18(16)21(22,23)24/h4-9,11,14H,3,10,12H2,1-2H3,(H,25,26)(H,27,28). The van der Waals surface area contributed by atoms with Gasteiger partial charge in [0, 0.05) is 12.1 Å². The molecule has 2 N–H and O–H groups in total. The highest BCUT2D eigenvalue weighted by atomic mass is 19.4. The summed E-state index contributed by atoms with van der Waals surface area (Å²) < 4.78 is 44.5. The zero-order valence-electron chi connectivity index (χ0n) is 16.0. The van der Waals surface area contributed by atoms with Gasteiger partial charge in [-0.3, -0.25) is 9.59 Å². The molecule has 0 aliphatic rings. The van der Waals surface area contributed by atoms with E-state index in [2.05, 4.69) is 5.32 Å². The molecule has 2 rings (SSSR count). The summed E-state index contributed by atoms with van der Waals surface area (Å²) in [6, 6.07) is 9.91. The number of aliphatic carboxylic acids is 1. The Morgan fingerprint density at radius 1 is 1.14 bits per heavy atom. The maximum absolute atomic E-state index is 13.2. The van der Waals surface area contributed by atoms with E-state index in [1.165, 1.54) is 31.4 Å². The van der Waals surface area contributed by atoms with E-state index in [1.807, 2.05) is 0 Å². The van der Waals surface area contributed by atoms with Crippen molar-refractivity contribution in [2.24, 2.45) is 5.92 Å². The van der Waals surface area contributed by atoms with Crippen LogP contribution in [0.25, 0.3) is 0 Å². The molecule has 2 aromatic carbocycles. The van der Waals surface area contributed by atoms with Crippen molar-refractivity contribution >= 4 is 11.9 Å². The Balaban J connectivity index is 2.07. The van der Waals surface area contributed by atoms with Crippen LogP contribution in [-0.4, -0.2) is 24.1 Å². The fraction of sp³-hybridized carbons (Fsp3) is 0.333. The van der Waals surface area contributed by atoms with Gasteiger partial charge in [-0.2, -0.15) is 13.2 Å². The van der Waals surface area contributed by atoms with Gasteiger partial charge < -0.3 is 15.2 Å². The minimum absolute atomic E-state index is 0.0736. The number of hydrogen-bond donors (Lipinski definition) is 2. The number of carboxylic acids is 1. The van der Waals surface area contributed by atoms with Gasteiger partial charge in [-0.15, -0.1) is 0 Å². The van der Waals surface area contributed by atoms with Crippen molar-refractivity contribution in [3.8, 4) is 5.75 Å². The zero-order valence-corrected chi connectivity index (χ0v) is 16.0. The summed E-state index contributed by atoms with van der Waals surface area (Å²) >= 11 is 0. The summed E-state index contributed by atoms with van der Waals surface area (Å²) in [5, 5.41) is 11.6. The molecule has 8 heteroatoms. The van der Waals surface area contributed by atoms with Gasteiger partial charge in [0.05, 0.1) is 18.6 Å². The Hall–Kier alpha value is -3.03. The number of amides is 1. The van der Waals surface area contributed by atoms with Gasteiger partial charge in [0.2, 0.25) is 0 Å². The lowest BCUT2D eigenvalue weighted by Crippen LogP contribution is -2.24. The topological polar surface area (TPSA) is 75.6 Å².